The lowest BCUT2D eigenvalue weighted by molar-refractivity contribution is 0.0993. The maximum atomic E-state index is 12.8. The summed E-state index contributed by atoms with van der Waals surface area (Å²) in [5, 5.41) is 2.88. The van der Waals surface area contributed by atoms with Crippen LogP contribution in [0.5, 0.6) is 5.75 Å². The van der Waals surface area contributed by atoms with E-state index >= 15 is 0 Å². The second kappa shape index (κ2) is 8.37. The molecule has 2 rings (SSSR count). The monoisotopic (exact) mass is 455 g/mol. The van der Waals surface area contributed by atoms with Crippen LogP contribution >= 0.6 is 22.6 Å². The van der Waals surface area contributed by atoms with Crippen molar-refractivity contribution in [1.82, 2.24) is 4.57 Å². The Labute approximate surface area is 160 Å². The lowest BCUT2D eigenvalue weighted by Gasteiger charge is -2.12. The number of carbonyl (C=O) groups excluding carboxylic acids is 2. The lowest BCUT2D eigenvalue weighted by atomic mass is 10.1. The Hall–Kier alpha value is -2.03. The van der Waals surface area contributed by atoms with Crippen molar-refractivity contribution in [3.8, 4) is 5.75 Å². The van der Waals surface area contributed by atoms with Gasteiger partial charge in [-0.3, -0.25) is 9.59 Å². The first-order valence-corrected chi connectivity index (χ1v) is 9.20. The zero-order chi connectivity index (χ0) is 18.6. The summed E-state index contributed by atoms with van der Waals surface area (Å²) < 4.78 is 8.13. The molecule has 0 fully saturated rings. The van der Waals surface area contributed by atoms with Gasteiger partial charge in [0, 0.05) is 12.6 Å². The van der Waals surface area contributed by atoms with Gasteiger partial charge in [-0.05, 0) is 48.1 Å². The second-order valence-corrected chi connectivity index (χ2v) is 6.57. The van der Waals surface area contributed by atoms with Gasteiger partial charge in [-0.1, -0.05) is 25.5 Å². The second-order valence-electron chi connectivity index (χ2n) is 5.55. The third-order valence-electron chi connectivity index (χ3n) is 3.82. The fourth-order valence-electron chi connectivity index (χ4n) is 2.73. The summed E-state index contributed by atoms with van der Waals surface area (Å²) in [6.07, 6.45) is 1.62. The fourth-order valence-corrected chi connectivity index (χ4v) is 3.51. The van der Waals surface area contributed by atoms with Gasteiger partial charge >= 0.3 is 0 Å². The number of amides is 2. The maximum Gasteiger partial charge on any atom is 0.267 e. The van der Waals surface area contributed by atoms with Crippen LogP contribution in [0.3, 0.4) is 0 Å². The van der Waals surface area contributed by atoms with E-state index in [1.54, 1.807) is 29.8 Å². The highest BCUT2D eigenvalue weighted by atomic mass is 127. The predicted octanol–water partition coefficient (Wildman–Crippen LogP) is 3.33. The molecule has 3 N–H and O–H groups in total. The van der Waals surface area contributed by atoms with Gasteiger partial charge in [0.05, 0.1) is 21.6 Å². The maximum absolute atomic E-state index is 12.8. The van der Waals surface area contributed by atoms with Crippen molar-refractivity contribution in [2.24, 2.45) is 12.8 Å². The summed E-state index contributed by atoms with van der Waals surface area (Å²) in [7, 11) is 1.77. The van der Waals surface area contributed by atoms with E-state index < -0.39 is 5.91 Å². The van der Waals surface area contributed by atoms with Gasteiger partial charge in [-0.15, -0.1) is 0 Å². The first-order valence-electron chi connectivity index (χ1n) is 8.12. The number of nitrogens with two attached hydrogens (primary N) is 1. The normalized spacial score (nSPS) is 10.6. The van der Waals surface area contributed by atoms with Crippen molar-refractivity contribution in [2.75, 3.05) is 11.9 Å². The molecule has 0 radical (unpaired) electrons. The Morgan fingerprint density at radius 3 is 2.56 bits per heavy atom. The molecule has 0 spiro atoms. The zero-order valence-electron chi connectivity index (χ0n) is 14.6. The Morgan fingerprint density at radius 1 is 1.28 bits per heavy atom. The van der Waals surface area contributed by atoms with Crippen LogP contribution in [0.2, 0.25) is 0 Å². The lowest BCUT2D eigenvalue weighted by Crippen LogP contribution is -2.21. The van der Waals surface area contributed by atoms with Gasteiger partial charge < -0.3 is 20.4 Å². The van der Waals surface area contributed by atoms with E-state index in [1.807, 2.05) is 19.9 Å². The Balaban J connectivity index is 2.48. The molecule has 2 aromatic rings. The van der Waals surface area contributed by atoms with E-state index in [-0.39, 0.29) is 5.91 Å². The van der Waals surface area contributed by atoms with Gasteiger partial charge in [0.1, 0.15) is 11.4 Å². The topological polar surface area (TPSA) is 86.3 Å². The van der Waals surface area contributed by atoms with Crippen LogP contribution in [-0.2, 0) is 13.5 Å². The standard InChI is InChI=1S/C18H22IN3O3/c1-4-8-12-14(15(17(20)23)22(3)16(12)19)21-18(24)11-9-6-7-10-13(11)25-5-2/h6-7,9-10H,4-5,8H2,1-3H3,(H2,20,23)(H,21,24). The number of benzene rings is 1. The first-order chi connectivity index (χ1) is 11.9. The highest BCUT2D eigenvalue weighted by Crippen LogP contribution is 2.31. The molecule has 0 aliphatic rings. The SMILES string of the molecule is CCCc1c(NC(=O)c2ccccc2OCC)c(C(N)=O)n(C)c1I. The number of ether oxygens (including phenoxy) is 1. The molecule has 7 heteroatoms. The van der Waals surface area contributed by atoms with E-state index in [0.29, 0.717) is 29.3 Å². The minimum absolute atomic E-state index is 0.301. The molecular weight excluding hydrogens is 433 g/mol. The number of hydrogen-bond donors (Lipinski definition) is 2. The van der Waals surface area contributed by atoms with Crippen LogP contribution < -0.4 is 15.8 Å². The summed E-state index contributed by atoms with van der Waals surface area (Å²) in [4.78, 5) is 24.7. The number of halogens is 1. The van der Waals surface area contributed by atoms with Gasteiger partial charge in [0.2, 0.25) is 0 Å². The number of primary amides is 1. The van der Waals surface area contributed by atoms with E-state index in [2.05, 4.69) is 27.9 Å². The van der Waals surface area contributed by atoms with Crippen molar-refractivity contribution in [1.29, 1.82) is 0 Å². The van der Waals surface area contributed by atoms with Crippen LogP contribution in [0.1, 0.15) is 46.7 Å². The largest absolute Gasteiger partial charge is 0.493 e. The van der Waals surface area contributed by atoms with Crippen LogP contribution in [0.4, 0.5) is 5.69 Å². The van der Waals surface area contributed by atoms with Gasteiger partial charge in [-0.2, -0.15) is 0 Å². The van der Waals surface area contributed by atoms with E-state index in [0.717, 1.165) is 22.1 Å². The Kier molecular flexibility index (Phi) is 6.46. The molecular formula is C18H22IN3O3. The van der Waals surface area contributed by atoms with Crippen LogP contribution in [0.15, 0.2) is 24.3 Å². The van der Waals surface area contributed by atoms with Crippen molar-refractivity contribution in [3.63, 3.8) is 0 Å². The summed E-state index contributed by atoms with van der Waals surface area (Å²) in [5.41, 5.74) is 7.67. The Bertz CT molecular complexity index is 799. The van der Waals surface area contributed by atoms with Crippen LogP contribution in [-0.4, -0.2) is 23.0 Å². The van der Waals surface area contributed by atoms with Crippen molar-refractivity contribution >= 4 is 40.1 Å². The van der Waals surface area contributed by atoms with Crippen molar-refractivity contribution < 1.29 is 14.3 Å². The predicted molar refractivity (Wildman–Crippen MR) is 106 cm³/mol. The number of nitrogens with zero attached hydrogens (tertiary/aromatic N) is 1. The molecule has 1 aromatic heterocycles. The average Bonchev–Trinajstić information content (AvgIpc) is 2.80. The number of para-hydroxylation sites is 1. The molecule has 2 amide bonds. The molecule has 0 aliphatic carbocycles. The number of hydrogen-bond acceptors (Lipinski definition) is 3. The van der Waals surface area contributed by atoms with E-state index in [4.69, 9.17) is 10.5 Å². The molecule has 25 heavy (non-hydrogen) atoms. The Morgan fingerprint density at radius 2 is 1.96 bits per heavy atom. The molecule has 0 bridgehead atoms. The molecule has 0 saturated carbocycles. The number of anilines is 1. The van der Waals surface area contributed by atoms with Gasteiger partial charge in [-0.25, -0.2) is 0 Å². The third kappa shape index (κ3) is 3.97. The molecule has 0 atom stereocenters. The highest BCUT2D eigenvalue weighted by molar-refractivity contribution is 14.1. The molecule has 0 unspecified atom stereocenters. The van der Waals surface area contributed by atoms with E-state index in [9.17, 15) is 9.59 Å². The summed E-state index contributed by atoms with van der Waals surface area (Å²) >= 11 is 2.17. The highest BCUT2D eigenvalue weighted by Gasteiger charge is 2.25. The molecule has 6 nitrogen and oxygen atoms in total. The van der Waals surface area contributed by atoms with Crippen LogP contribution in [0, 0.1) is 3.70 Å². The zero-order valence-corrected chi connectivity index (χ0v) is 16.7. The molecule has 134 valence electrons. The van der Waals surface area contributed by atoms with Crippen LogP contribution in [0.25, 0.3) is 0 Å². The van der Waals surface area contributed by atoms with Crippen molar-refractivity contribution in [2.45, 2.75) is 26.7 Å². The number of aromatic nitrogens is 1. The summed E-state index contributed by atoms with van der Waals surface area (Å²) in [6, 6.07) is 7.02. The first kappa shape index (κ1) is 19.3. The average molecular weight is 455 g/mol. The van der Waals surface area contributed by atoms with Gasteiger partial charge in [0.15, 0.2) is 0 Å². The summed E-state index contributed by atoms with van der Waals surface area (Å²) in [5.74, 6) is -0.395. The minimum atomic E-state index is -0.573. The van der Waals surface area contributed by atoms with E-state index in [1.165, 1.54) is 0 Å². The fraction of sp³-hybridized carbons (Fsp3) is 0.333. The smallest absolute Gasteiger partial charge is 0.267 e. The number of nitrogens with one attached hydrogen (secondary N) is 1. The quantitative estimate of drug-likeness (QED) is 0.629. The third-order valence-corrected chi connectivity index (χ3v) is 5.20. The minimum Gasteiger partial charge on any atom is -0.493 e. The summed E-state index contributed by atoms with van der Waals surface area (Å²) in [6.45, 7) is 4.36. The molecule has 1 aromatic carbocycles. The molecule has 0 saturated heterocycles. The molecule has 1 heterocycles. The van der Waals surface area contributed by atoms with Gasteiger partial charge in [0.25, 0.3) is 11.8 Å². The molecule has 0 aliphatic heterocycles. The van der Waals surface area contributed by atoms with Crippen molar-refractivity contribution in [3.05, 3.63) is 44.8 Å². The number of carbonyl (C=O) groups is 2. The number of rotatable bonds is 7.